The predicted octanol–water partition coefficient (Wildman–Crippen LogP) is 5.96. The van der Waals surface area contributed by atoms with Crippen molar-refractivity contribution in [3.8, 4) is 22.4 Å². The number of piperazine rings is 1. The minimum absolute atomic E-state index is 0.367. The first-order valence-electron chi connectivity index (χ1n) is 17.7. The molecule has 3 aromatic heterocycles. The average Bonchev–Trinajstić information content (AvgIpc) is 3.47. The third-order valence-electron chi connectivity index (χ3n) is 9.87. The lowest BCUT2D eigenvalue weighted by Crippen LogP contribution is -2.59. The van der Waals surface area contributed by atoms with Crippen LogP contribution in [0.1, 0.15) is 24.5 Å². The van der Waals surface area contributed by atoms with E-state index < -0.39 is 16.1 Å². The molecule has 1 N–H and O–H groups in total. The van der Waals surface area contributed by atoms with E-state index in [4.69, 9.17) is 24.5 Å². The van der Waals surface area contributed by atoms with Gasteiger partial charge >= 0.3 is 0 Å². The number of pyridine rings is 1. The Hall–Kier alpha value is -2.87. The molecule has 4 aromatic rings. The first-order chi connectivity index (χ1) is 22.9. The highest BCUT2D eigenvalue weighted by Crippen LogP contribution is 2.37. The van der Waals surface area contributed by atoms with Gasteiger partial charge in [-0.15, -0.1) is 0 Å². The Morgan fingerprint density at radius 2 is 1.50 bits per heavy atom. The van der Waals surface area contributed by atoms with Gasteiger partial charge in [-0.3, -0.25) is 4.98 Å². The number of benzene rings is 1. The highest BCUT2D eigenvalue weighted by molar-refractivity contribution is 6.76. The summed E-state index contributed by atoms with van der Waals surface area (Å²) in [4.78, 5) is 15.0. The van der Waals surface area contributed by atoms with Crippen molar-refractivity contribution < 1.29 is 9.47 Å². The van der Waals surface area contributed by atoms with Gasteiger partial charge in [0, 0.05) is 95.1 Å². The van der Waals surface area contributed by atoms with Gasteiger partial charge in [-0.25, -0.2) is 4.98 Å². The topological polar surface area (TPSA) is 80.0 Å². The minimum atomic E-state index is -1.23. The van der Waals surface area contributed by atoms with Crippen molar-refractivity contribution in [2.75, 3.05) is 44.7 Å². The number of ether oxygens (including phenoxy) is 2. The average molecular weight is 684 g/mol. The van der Waals surface area contributed by atoms with Crippen LogP contribution in [-0.2, 0) is 9.47 Å². The Balaban J connectivity index is 1.37. The molecule has 0 spiro atoms. The normalized spacial score (nSPS) is 20.3. The van der Waals surface area contributed by atoms with Crippen LogP contribution in [0.25, 0.3) is 28.0 Å². The Morgan fingerprint density at radius 3 is 2.08 bits per heavy atom. The summed E-state index contributed by atoms with van der Waals surface area (Å²) in [7, 11) is -0.167. The van der Waals surface area contributed by atoms with Crippen LogP contribution in [0.15, 0.2) is 60.9 Å². The molecule has 0 aliphatic carbocycles. The fraction of sp³-hybridized carbons (Fsp3) is 0.528. The van der Waals surface area contributed by atoms with E-state index >= 15 is 0 Å². The van der Waals surface area contributed by atoms with Crippen molar-refractivity contribution in [2.45, 2.75) is 82.2 Å². The number of hydrogen-bond donors (Lipinski definition) is 1. The summed E-state index contributed by atoms with van der Waals surface area (Å²) in [6, 6.07) is 20.1. The van der Waals surface area contributed by atoms with E-state index in [9.17, 15) is 0 Å². The number of piperidine rings is 1. The molecule has 9 nitrogen and oxygen atoms in total. The van der Waals surface area contributed by atoms with Gasteiger partial charge in [0.2, 0.25) is 0 Å². The number of hydrogen-bond acceptors (Lipinski definition) is 8. The van der Waals surface area contributed by atoms with Crippen molar-refractivity contribution in [3.05, 3.63) is 66.6 Å². The fourth-order valence-corrected chi connectivity index (χ4v) is 8.22. The first kappa shape index (κ1) is 35.0. The van der Waals surface area contributed by atoms with Gasteiger partial charge in [-0.2, -0.15) is 9.61 Å². The summed E-state index contributed by atoms with van der Waals surface area (Å²) < 4.78 is 14.8. The van der Waals surface area contributed by atoms with E-state index in [1.807, 2.05) is 35.1 Å². The van der Waals surface area contributed by atoms with Crippen molar-refractivity contribution in [1.82, 2.24) is 29.7 Å². The Morgan fingerprint density at radius 1 is 0.854 bits per heavy atom. The van der Waals surface area contributed by atoms with E-state index in [1.165, 1.54) is 0 Å². The molecular weight excluding hydrogens is 629 g/mol. The van der Waals surface area contributed by atoms with E-state index in [0.717, 1.165) is 90.8 Å². The van der Waals surface area contributed by atoms with Gasteiger partial charge in [0.1, 0.15) is 19.3 Å². The first-order valence-corrected chi connectivity index (χ1v) is 25.1. The van der Waals surface area contributed by atoms with Crippen LogP contribution < -0.4 is 10.2 Å². The Labute approximate surface area is 289 Å². The third kappa shape index (κ3) is 8.64. The molecule has 0 saturated carbocycles. The Bertz CT molecular complexity index is 1610. The standard InChI is InChI=1S/C36H54BN7O2Si2/c1-47(2,3)16-14-45-25-42(26-46-15-17-48(4,5)6)35-20-34(29-18-30-22-38-23-31(19-29)43(30)37)41-36-32(24-40-44(35)36)28-12-13-33(39-21-28)27-10-8-7-9-11-27/h7-13,20-21,24,29-31,38H,14-19,22-23,25-26,37H2,1-6H3. The van der Waals surface area contributed by atoms with Crippen LogP contribution in [-0.4, -0.2) is 100 Å². The SMILES string of the molecule is BN1C2CNCC1CC(c1cc(N(COCC[Si](C)(C)C)COCC[Si](C)(C)C)n3ncc(-c4ccc(-c5ccccc5)nc4)c3n1)C2. The van der Waals surface area contributed by atoms with Crippen molar-refractivity contribution in [3.63, 3.8) is 0 Å². The van der Waals surface area contributed by atoms with Gasteiger partial charge in [0.25, 0.3) is 0 Å². The van der Waals surface area contributed by atoms with E-state index in [1.54, 1.807) is 0 Å². The molecular formula is C36H54BN7O2Si2. The minimum Gasteiger partial charge on any atom is -0.361 e. The molecule has 2 atom stereocenters. The van der Waals surface area contributed by atoms with Gasteiger partial charge in [0.15, 0.2) is 13.6 Å². The summed E-state index contributed by atoms with van der Waals surface area (Å²) in [6.07, 6.45) is 6.06. The van der Waals surface area contributed by atoms with Crippen LogP contribution in [0.2, 0.25) is 51.4 Å². The molecule has 12 heteroatoms. The third-order valence-corrected chi connectivity index (χ3v) is 13.3. The number of aromatic nitrogens is 4. The lowest BCUT2D eigenvalue weighted by molar-refractivity contribution is 0.0941. The maximum Gasteiger partial charge on any atom is 0.186 e. The fourth-order valence-electron chi connectivity index (χ4n) is 6.71. The summed E-state index contributed by atoms with van der Waals surface area (Å²) >= 11 is 0. The van der Waals surface area contributed by atoms with Crippen LogP contribution in [0, 0.1) is 0 Å². The maximum absolute atomic E-state index is 6.38. The second-order valence-electron chi connectivity index (χ2n) is 16.2. The number of fused-ring (bicyclic) bond motifs is 3. The van der Waals surface area contributed by atoms with Crippen molar-refractivity contribution in [2.24, 2.45) is 0 Å². The smallest absolute Gasteiger partial charge is 0.186 e. The molecule has 2 bridgehead atoms. The number of nitrogens with zero attached hydrogens (tertiary/aromatic N) is 6. The molecule has 1 aromatic carbocycles. The molecule has 2 saturated heterocycles. The molecule has 256 valence electrons. The molecule has 6 rings (SSSR count). The van der Waals surface area contributed by atoms with Crippen LogP contribution in [0.4, 0.5) is 5.82 Å². The monoisotopic (exact) mass is 683 g/mol. The number of anilines is 1. The summed E-state index contributed by atoms with van der Waals surface area (Å²) in [6.45, 7) is 18.8. The zero-order valence-electron chi connectivity index (χ0n) is 30.1. The van der Waals surface area contributed by atoms with Crippen molar-refractivity contribution in [1.29, 1.82) is 0 Å². The molecule has 2 aliphatic heterocycles. The van der Waals surface area contributed by atoms with Gasteiger partial charge < -0.3 is 24.5 Å². The van der Waals surface area contributed by atoms with E-state index in [2.05, 4.69) is 92.6 Å². The van der Waals surface area contributed by atoms with Crippen LogP contribution in [0.3, 0.4) is 0 Å². The molecule has 5 heterocycles. The van der Waals surface area contributed by atoms with Gasteiger partial charge in [-0.05, 0) is 31.0 Å². The summed E-state index contributed by atoms with van der Waals surface area (Å²) in [5.74, 6) is 1.34. The highest BCUT2D eigenvalue weighted by atomic mass is 28.3. The number of nitrogens with one attached hydrogen (secondary N) is 1. The molecule has 2 unspecified atom stereocenters. The lowest BCUT2D eigenvalue weighted by Gasteiger charge is -2.47. The Kier molecular flexibility index (Phi) is 10.9. The largest absolute Gasteiger partial charge is 0.361 e. The van der Waals surface area contributed by atoms with Crippen LogP contribution >= 0.6 is 0 Å². The molecule has 0 amide bonds. The lowest BCUT2D eigenvalue weighted by atomic mass is 9.80. The highest BCUT2D eigenvalue weighted by Gasteiger charge is 2.37. The number of rotatable bonds is 14. The zero-order chi connectivity index (χ0) is 33.9. The molecule has 0 radical (unpaired) electrons. The molecule has 2 fully saturated rings. The van der Waals surface area contributed by atoms with Gasteiger partial charge in [0.05, 0.1) is 11.9 Å². The van der Waals surface area contributed by atoms with Gasteiger partial charge in [-0.1, -0.05) is 75.7 Å². The van der Waals surface area contributed by atoms with Crippen LogP contribution in [0.5, 0.6) is 0 Å². The van der Waals surface area contributed by atoms with E-state index in [0.29, 0.717) is 31.5 Å². The molecule has 48 heavy (non-hydrogen) atoms. The van der Waals surface area contributed by atoms with E-state index in [-0.39, 0.29) is 0 Å². The summed E-state index contributed by atoms with van der Waals surface area (Å²) in [5, 5.41) is 8.61. The van der Waals surface area contributed by atoms with Crippen molar-refractivity contribution >= 4 is 35.6 Å². The zero-order valence-corrected chi connectivity index (χ0v) is 32.1. The summed E-state index contributed by atoms with van der Waals surface area (Å²) in [5.41, 5.74) is 6.04. The predicted molar refractivity (Wildman–Crippen MR) is 205 cm³/mol. The second kappa shape index (κ2) is 14.9. The maximum atomic E-state index is 6.38. The second-order valence-corrected chi connectivity index (χ2v) is 27.4. The quantitative estimate of drug-likeness (QED) is 0.0992. The molecule has 2 aliphatic rings.